The highest BCUT2D eigenvalue weighted by Gasteiger charge is 2.17. The third-order valence-electron chi connectivity index (χ3n) is 4.43. The number of aromatic nitrogens is 1. The molecule has 0 radical (unpaired) electrons. The summed E-state index contributed by atoms with van der Waals surface area (Å²) >= 11 is 0. The highest BCUT2D eigenvalue weighted by molar-refractivity contribution is 5.80. The fraction of sp³-hybridized carbons (Fsp3) is 0.400. The van der Waals surface area contributed by atoms with E-state index in [9.17, 15) is 13.6 Å². The van der Waals surface area contributed by atoms with Gasteiger partial charge in [-0.05, 0) is 50.3 Å². The van der Waals surface area contributed by atoms with Crippen molar-refractivity contribution in [3.63, 3.8) is 0 Å². The van der Waals surface area contributed by atoms with Crippen LogP contribution in [0, 0.1) is 11.6 Å². The second-order valence-corrected chi connectivity index (χ2v) is 6.58. The Labute approximate surface area is 156 Å². The molecule has 1 aliphatic carbocycles. The Kier molecular flexibility index (Phi) is 6.21. The van der Waals surface area contributed by atoms with Crippen molar-refractivity contribution in [3.8, 4) is 11.6 Å². The number of nitrogens with zero attached hydrogens (tertiary/aromatic N) is 1. The maximum absolute atomic E-state index is 13.2. The zero-order valence-corrected chi connectivity index (χ0v) is 15.1. The van der Waals surface area contributed by atoms with Crippen LogP contribution in [0.1, 0.15) is 38.2 Å². The second-order valence-electron chi connectivity index (χ2n) is 6.58. The quantitative estimate of drug-likeness (QED) is 0.799. The van der Waals surface area contributed by atoms with Gasteiger partial charge in [0.05, 0.1) is 0 Å². The van der Waals surface area contributed by atoms with E-state index in [0.29, 0.717) is 5.88 Å². The molecule has 1 atom stereocenters. The summed E-state index contributed by atoms with van der Waals surface area (Å²) < 4.78 is 37.3. The molecule has 2 aromatic rings. The summed E-state index contributed by atoms with van der Waals surface area (Å²) in [5.74, 6) is -1.68. The molecule has 1 saturated carbocycles. The molecule has 1 aromatic heterocycles. The van der Waals surface area contributed by atoms with E-state index < -0.39 is 17.7 Å². The van der Waals surface area contributed by atoms with E-state index in [-0.39, 0.29) is 24.3 Å². The van der Waals surface area contributed by atoms with Gasteiger partial charge in [0.1, 0.15) is 11.9 Å². The monoisotopic (exact) mass is 376 g/mol. The molecule has 1 aromatic carbocycles. The number of pyridine rings is 1. The van der Waals surface area contributed by atoms with Gasteiger partial charge in [0.2, 0.25) is 5.88 Å². The number of nitrogens with one attached hydrogen (secondary N) is 1. The first-order valence-corrected chi connectivity index (χ1v) is 9.02. The number of carbonyl (C=O) groups is 1. The molecule has 27 heavy (non-hydrogen) atoms. The lowest BCUT2D eigenvalue weighted by molar-refractivity contribution is -0.127. The summed E-state index contributed by atoms with van der Waals surface area (Å²) in [6, 6.07) is 6.77. The largest absolute Gasteiger partial charge is 0.481 e. The highest BCUT2D eigenvalue weighted by Crippen LogP contribution is 2.23. The number of ether oxygens (including phenoxy) is 2. The smallest absolute Gasteiger partial charge is 0.261 e. The second kappa shape index (κ2) is 8.79. The summed E-state index contributed by atoms with van der Waals surface area (Å²) in [5.41, 5.74) is 0.821. The van der Waals surface area contributed by atoms with Crippen molar-refractivity contribution in [2.45, 2.75) is 51.4 Å². The van der Waals surface area contributed by atoms with E-state index in [4.69, 9.17) is 9.47 Å². The van der Waals surface area contributed by atoms with Crippen LogP contribution in [0.3, 0.4) is 0 Å². The Morgan fingerprint density at radius 2 is 2.00 bits per heavy atom. The van der Waals surface area contributed by atoms with Crippen molar-refractivity contribution in [1.82, 2.24) is 10.3 Å². The van der Waals surface area contributed by atoms with Crippen LogP contribution in [0.2, 0.25) is 0 Å². The minimum absolute atomic E-state index is 0.0895. The van der Waals surface area contributed by atoms with Crippen LogP contribution in [0.25, 0.3) is 0 Å². The zero-order valence-electron chi connectivity index (χ0n) is 15.1. The molecule has 144 valence electrons. The van der Waals surface area contributed by atoms with Gasteiger partial charge < -0.3 is 14.8 Å². The summed E-state index contributed by atoms with van der Waals surface area (Å²) in [6.45, 7) is 1.81. The Bertz CT molecular complexity index is 777. The summed E-state index contributed by atoms with van der Waals surface area (Å²) in [5, 5.41) is 2.72. The van der Waals surface area contributed by atoms with Crippen molar-refractivity contribution < 1.29 is 23.0 Å². The van der Waals surface area contributed by atoms with Crippen LogP contribution >= 0.6 is 0 Å². The van der Waals surface area contributed by atoms with Gasteiger partial charge in [-0.1, -0.05) is 6.07 Å². The molecule has 7 heteroatoms. The first-order valence-electron chi connectivity index (χ1n) is 9.02. The van der Waals surface area contributed by atoms with Gasteiger partial charge in [-0.25, -0.2) is 13.8 Å². The van der Waals surface area contributed by atoms with Crippen LogP contribution in [-0.2, 0) is 11.3 Å². The molecule has 1 aliphatic rings. The van der Waals surface area contributed by atoms with Crippen LogP contribution in [0.5, 0.6) is 11.6 Å². The van der Waals surface area contributed by atoms with Gasteiger partial charge in [0, 0.05) is 24.9 Å². The molecule has 0 spiro atoms. The highest BCUT2D eigenvalue weighted by atomic mass is 19.2. The molecular formula is C20H22F2N2O3. The molecule has 3 rings (SSSR count). The fourth-order valence-electron chi connectivity index (χ4n) is 2.90. The van der Waals surface area contributed by atoms with Crippen molar-refractivity contribution in [1.29, 1.82) is 0 Å². The van der Waals surface area contributed by atoms with E-state index in [1.165, 1.54) is 25.8 Å². The normalized spacial score (nSPS) is 15.4. The van der Waals surface area contributed by atoms with Crippen molar-refractivity contribution in [3.05, 3.63) is 53.7 Å². The molecule has 1 amide bonds. The lowest BCUT2D eigenvalue weighted by Gasteiger charge is -2.15. The number of benzene rings is 1. The fourth-order valence-corrected chi connectivity index (χ4v) is 2.90. The first-order chi connectivity index (χ1) is 13.0. The predicted octanol–water partition coefficient (Wildman–Crippen LogP) is 3.76. The average molecular weight is 376 g/mol. The molecule has 1 N–H and O–H groups in total. The van der Waals surface area contributed by atoms with Crippen molar-refractivity contribution in [2.24, 2.45) is 0 Å². The maximum Gasteiger partial charge on any atom is 0.261 e. The van der Waals surface area contributed by atoms with Gasteiger partial charge in [0.25, 0.3) is 5.91 Å². The van der Waals surface area contributed by atoms with E-state index in [0.717, 1.165) is 30.5 Å². The molecule has 1 heterocycles. The molecule has 0 saturated heterocycles. The zero-order chi connectivity index (χ0) is 19.2. The van der Waals surface area contributed by atoms with Gasteiger partial charge in [-0.3, -0.25) is 4.79 Å². The number of carbonyl (C=O) groups excluding carboxylic acids is 1. The van der Waals surface area contributed by atoms with E-state index in [2.05, 4.69) is 10.3 Å². The summed E-state index contributed by atoms with van der Waals surface area (Å²) in [4.78, 5) is 16.4. The molecule has 0 aliphatic heterocycles. The van der Waals surface area contributed by atoms with E-state index in [1.54, 1.807) is 12.3 Å². The third-order valence-corrected chi connectivity index (χ3v) is 4.43. The van der Waals surface area contributed by atoms with Gasteiger partial charge in [-0.2, -0.15) is 0 Å². The lowest BCUT2D eigenvalue weighted by atomic mass is 10.2. The van der Waals surface area contributed by atoms with Crippen LogP contribution < -0.4 is 14.8 Å². The molecular weight excluding hydrogens is 354 g/mol. The number of hydrogen-bond donors (Lipinski definition) is 1. The van der Waals surface area contributed by atoms with Crippen LogP contribution in [0.15, 0.2) is 36.5 Å². The Hall–Kier alpha value is -2.70. The molecule has 1 unspecified atom stereocenters. The first kappa shape index (κ1) is 19.1. The maximum atomic E-state index is 13.2. The van der Waals surface area contributed by atoms with E-state index >= 15 is 0 Å². The van der Waals surface area contributed by atoms with Gasteiger partial charge in [0.15, 0.2) is 17.7 Å². The Morgan fingerprint density at radius 3 is 2.67 bits per heavy atom. The van der Waals surface area contributed by atoms with Gasteiger partial charge >= 0.3 is 0 Å². The Morgan fingerprint density at radius 1 is 1.22 bits per heavy atom. The molecule has 5 nitrogen and oxygen atoms in total. The van der Waals surface area contributed by atoms with E-state index in [1.807, 2.05) is 6.07 Å². The standard InChI is InChI=1S/C20H22F2N2O3/c1-13(26-16-7-8-17(21)18(22)10-16)20(25)24-12-14-6-9-19(23-11-14)27-15-4-2-3-5-15/h6-11,13,15H,2-5,12H2,1H3,(H,24,25). The SMILES string of the molecule is CC(Oc1ccc(F)c(F)c1)C(=O)NCc1ccc(OC2CCCC2)nc1. The molecule has 0 bridgehead atoms. The Balaban J connectivity index is 1.46. The average Bonchev–Trinajstić information content (AvgIpc) is 3.17. The van der Waals surface area contributed by atoms with Crippen molar-refractivity contribution >= 4 is 5.91 Å². The van der Waals surface area contributed by atoms with Crippen LogP contribution in [-0.4, -0.2) is 23.1 Å². The third kappa shape index (κ3) is 5.39. The molecule has 1 fully saturated rings. The lowest BCUT2D eigenvalue weighted by Crippen LogP contribution is -2.35. The number of rotatable bonds is 7. The number of halogens is 2. The summed E-state index contributed by atoms with van der Waals surface area (Å²) in [6.07, 6.45) is 5.57. The van der Waals surface area contributed by atoms with Crippen LogP contribution in [0.4, 0.5) is 8.78 Å². The number of hydrogen-bond acceptors (Lipinski definition) is 4. The van der Waals surface area contributed by atoms with Crippen molar-refractivity contribution in [2.75, 3.05) is 0 Å². The minimum Gasteiger partial charge on any atom is -0.481 e. The minimum atomic E-state index is -1.02. The van der Waals surface area contributed by atoms with Gasteiger partial charge in [-0.15, -0.1) is 0 Å². The predicted molar refractivity (Wildman–Crippen MR) is 95.4 cm³/mol. The topological polar surface area (TPSA) is 60.5 Å². The number of amides is 1. The summed E-state index contributed by atoms with van der Waals surface area (Å²) in [7, 11) is 0.